The summed E-state index contributed by atoms with van der Waals surface area (Å²) in [5.74, 6) is 0. The topological polar surface area (TPSA) is 43.1 Å². The minimum Gasteiger partial charge on any atom is -0.456 e. The molecule has 0 saturated carbocycles. The largest absolute Gasteiger partial charge is 0.456 e. The molecule has 0 amide bonds. The Morgan fingerprint density at radius 1 is 0.378 bits per heavy atom. The summed E-state index contributed by atoms with van der Waals surface area (Å²) in [7, 11) is 0. The Morgan fingerprint density at radius 2 is 0.933 bits per heavy atom. The SMILES string of the molecule is O=c1c2ccccc2oc2cc(-c3ccccc3-c3ccccc3-c3cc(-c4ccccc4)cc(-c4ccccc4)n3)ccc12. The van der Waals surface area contributed by atoms with Crippen LogP contribution in [-0.2, 0) is 0 Å². The Kier molecular flexibility index (Phi) is 6.62. The van der Waals surface area contributed by atoms with Crippen molar-refractivity contribution in [2.45, 2.75) is 0 Å². The van der Waals surface area contributed by atoms with Crippen molar-refractivity contribution in [3.05, 3.63) is 174 Å². The van der Waals surface area contributed by atoms with Crippen molar-refractivity contribution in [2.24, 2.45) is 0 Å². The smallest absolute Gasteiger partial charge is 0.200 e. The molecule has 0 N–H and O–H groups in total. The lowest BCUT2D eigenvalue weighted by molar-refractivity contribution is 0.660. The summed E-state index contributed by atoms with van der Waals surface area (Å²) in [6.07, 6.45) is 0. The molecule has 0 fully saturated rings. The van der Waals surface area contributed by atoms with E-state index in [-0.39, 0.29) is 5.43 Å². The number of hydrogen-bond acceptors (Lipinski definition) is 3. The highest BCUT2D eigenvalue weighted by atomic mass is 16.3. The van der Waals surface area contributed by atoms with Crippen LogP contribution < -0.4 is 5.43 Å². The highest BCUT2D eigenvalue weighted by Crippen LogP contribution is 2.40. The molecule has 2 heterocycles. The van der Waals surface area contributed by atoms with Crippen LogP contribution in [0.1, 0.15) is 0 Å². The first-order chi connectivity index (χ1) is 22.2. The van der Waals surface area contributed by atoms with Crippen LogP contribution in [0.2, 0.25) is 0 Å². The Balaban J connectivity index is 1.31. The van der Waals surface area contributed by atoms with Crippen LogP contribution in [0.25, 0.3) is 77.8 Å². The van der Waals surface area contributed by atoms with E-state index in [4.69, 9.17) is 9.40 Å². The van der Waals surface area contributed by atoms with Gasteiger partial charge < -0.3 is 4.42 Å². The summed E-state index contributed by atoms with van der Waals surface area (Å²) in [6, 6.07) is 55.2. The third-order valence-electron chi connectivity index (χ3n) is 8.31. The van der Waals surface area contributed by atoms with Crippen LogP contribution in [-0.4, -0.2) is 4.98 Å². The molecule has 0 aliphatic carbocycles. The van der Waals surface area contributed by atoms with Crippen LogP contribution in [0.5, 0.6) is 0 Å². The monoisotopic (exact) mass is 577 g/mol. The van der Waals surface area contributed by atoms with Crippen molar-refractivity contribution in [3.8, 4) is 55.9 Å². The van der Waals surface area contributed by atoms with Gasteiger partial charge in [-0.2, -0.15) is 0 Å². The van der Waals surface area contributed by atoms with E-state index in [1.165, 1.54) is 0 Å². The number of benzene rings is 6. The van der Waals surface area contributed by atoms with Gasteiger partial charge in [0.25, 0.3) is 0 Å². The van der Waals surface area contributed by atoms with E-state index in [1.807, 2.05) is 72.8 Å². The molecule has 0 unspecified atom stereocenters. The van der Waals surface area contributed by atoms with Crippen LogP contribution in [0.15, 0.2) is 173 Å². The lowest BCUT2D eigenvalue weighted by Crippen LogP contribution is -2.01. The van der Waals surface area contributed by atoms with Crippen molar-refractivity contribution in [3.63, 3.8) is 0 Å². The summed E-state index contributed by atoms with van der Waals surface area (Å²) in [5, 5.41) is 1.16. The maximum atomic E-state index is 13.2. The van der Waals surface area contributed by atoms with Gasteiger partial charge in [-0.1, -0.05) is 127 Å². The molecule has 0 saturated heterocycles. The zero-order chi connectivity index (χ0) is 30.2. The first-order valence-electron chi connectivity index (χ1n) is 15.0. The summed E-state index contributed by atoms with van der Waals surface area (Å²) in [6.45, 7) is 0. The molecule has 0 bridgehead atoms. The molecule has 45 heavy (non-hydrogen) atoms. The quantitative estimate of drug-likeness (QED) is 0.191. The molecule has 3 nitrogen and oxygen atoms in total. The van der Waals surface area contributed by atoms with Crippen LogP contribution >= 0.6 is 0 Å². The summed E-state index contributed by atoms with van der Waals surface area (Å²) in [5.41, 5.74) is 11.5. The second-order valence-corrected chi connectivity index (χ2v) is 11.1. The number of fused-ring (bicyclic) bond motifs is 2. The number of para-hydroxylation sites is 1. The number of pyridine rings is 1. The van der Waals surface area contributed by atoms with Crippen LogP contribution in [0, 0.1) is 0 Å². The minimum absolute atomic E-state index is 0.0179. The van der Waals surface area contributed by atoms with Crippen molar-refractivity contribution < 1.29 is 4.42 Å². The Labute approximate surface area is 260 Å². The van der Waals surface area contributed by atoms with E-state index in [2.05, 4.69) is 91.0 Å². The molecule has 0 aliphatic rings. The van der Waals surface area contributed by atoms with Crippen LogP contribution in [0.4, 0.5) is 0 Å². The zero-order valence-electron chi connectivity index (χ0n) is 24.4. The third kappa shape index (κ3) is 4.91. The predicted molar refractivity (Wildman–Crippen MR) is 185 cm³/mol. The molecule has 0 radical (unpaired) electrons. The molecule has 212 valence electrons. The molecule has 0 aliphatic heterocycles. The second kappa shape index (κ2) is 11.2. The predicted octanol–water partition coefficient (Wildman–Crippen LogP) is 10.7. The number of aromatic nitrogens is 1. The van der Waals surface area contributed by atoms with E-state index in [1.54, 1.807) is 0 Å². The highest BCUT2D eigenvalue weighted by molar-refractivity contribution is 5.96. The average molecular weight is 578 g/mol. The van der Waals surface area contributed by atoms with Crippen molar-refractivity contribution in [1.82, 2.24) is 4.98 Å². The molecule has 8 rings (SSSR count). The van der Waals surface area contributed by atoms with Crippen molar-refractivity contribution >= 4 is 21.9 Å². The third-order valence-corrected chi connectivity index (χ3v) is 8.31. The normalized spacial score (nSPS) is 11.2. The summed E-state index contributed by atoms with van der Waals surface area (Å²) in [4.78, 5) is 18.4. The molecular formula is C42H27NO2. The van der Waals surface area contributed by atoms with E-state index in [0.717, 1.165) is 55.9 Å². The van der Waals surface area contributed by atoms with E-state index in [9.17, 15) is 4.79 Å². The molecular weight excluding hydrogens is 550 g/mol. The summed E-state index contributed by atoms with van der Waals surface area (Å²) >= 11 is 0. The molecule has 8 aromatic rings. The van der Waals surface area contributed by atoms with Gasteiger partial charge in [0.15, 0.2) is 0 Å². The molecule has 2 aromatic heterocycles. The Hall–Kier alpha value is -6.06. The Bertz CT molecular complexity index is 2330. The molecule has 0 atom stereocenters. The van der Waals surface area contributed by atoms with Gasteiger partial charge in [0, 0.05) is 11.1 Å². The van der Waals surface area contributed by atoms with Gasteiger partial charge in [0.2, 0.25) is 5.43 Å². The highest BCUT2D eigenvalue weighted by Gasteiger charge is 2.16. The molecule has 3 heteroatoms. The minimum atomic E-state index is -0.0179. The fourth-order valence-electron chi connectivity index (χ4n) is 6.10. The number of nitrogens with zero attached hydrogens (tertiary/aromatic N) is 1. The Morgan fingerprint density at radius 3 is 1.69 bits per heavy atom. The van der Waals surface area contributed by atoms with Crippen LogP contribution in [0.3, 0.4) is 0 Å². The fraction of sp³-hybridized carbons (Fsp3) is 0. The standard InChI is InChI=1S/C42H27NO2/c44-42-36-21-11-12-22-40(36)45-41-27-30(23-24-37(41)42)32-17-7-8-18-33(32)34-19-9-10-20-35(34)39-26-31(28-13-3-1-4-14-28)25-38(43-39)29-15-5-2-6-16-29/h1-27H. The first-order valence-corrected chi connectivity index (χ1v) is 15.0. The maximum absolute atomic E-state index is 13.2. The van der Waals surface area contributed by atoms with E-state index in [0.29, 0.717) is 21.9 Å². The van der Waals surface area contributed by atoms with Crippen molar-refractivity contribution in [2.75, 3.05) is 0 Å². The van der Waals surface area contributed by atoms with E-state index < -0.39 is 0 Å². The average Bonchev–Trinajstić information content (AvgIpc) is 3.12. The lowest BCUT2D eigenvalue weighted by Gasteiger charge is -2.16. The van der Waals surface area contributed by atoms with Gasteiger partial charge in [-0.05, 0) is 69.8 Å². The van der Waals surface area contributed by atoms with Crippen molar-refractivity contribution in [1.29, 1.82) is 0 Å². The number of rotatable bonds is 5. The fourth-order valence-corrected chi connectivity index (χ4v) is 6.10. The first kappa shape index (κ1) is 26.6. The molecule has 6 aromatic carbocycles. The maximum Gasteiger partial charge on any atom is 0.200 e. The lowest BCUT2D eigenvalue weighted by atomic mass is 9.89. The zero-order valence-corrected chi connectivity index (χ0v) is 24.4. The van der Waals surface area contributed by atoms with E-state index >= 15 is 0 Å². The van der Waals surface area contributed by atoms with Gasteiger partial charge in [-0.3, -0.25) is 4.79 Å². The summed E-state index contributed by atoms with van der Waals surface area (Å²) < 4.78 is 6.23. The molecule has 0 spiro atoms. The number of hydrogen-bond donors (Lipinski definition) is 0. The van der Waals surface area contributed by atoms with Gasteiger partial charge in [0.05, 0.1) is 22.2 Å². The van der Waals surface area contributed by atoms with Gasteiger partial charge in [-0.15, -0.1) is 0 Å². The van der Waals surface area contributed by atoms with Gasteiger partial charge >= 0.3 is 0 Å². The second-order valence-electron chi connectivity index (χ2n) is 11.1. The van der Waals surface area contributed by atoms with Gasteiger partial charge in [0.1, 0.15) is 11.2 Å². The van der Waals surface area contributed by atoms with Gasteiger partial charge in [-0.25, -0.2) is 4.98 Å².